The van der Waals surface area contributed by atoms with Gasteiger partial charge in [0.05, 0.1) is 0 Å². The Morgan fingerprint density at radius 1 is 0.750 bits per heavy atom. The second-order valence-corrected chi connectivity index (χ2v) is 4.02. The van der Waals surface area contributed by atoms with Gasteiger partial charge in [-0.05, 0) is 17.5 Å². The first-order valence-corrected chi connectivity index (χ1v) is 5.81. The molecule has 0 saturated heterocycles. The zero-order valence-electron chi connectivity index (χ0n) is 9.47. The molecule has 0 saturated carbocycles. The van der Waals surface area contributed by atoms with Crippen molar-refractivity contribution in [3.63, 3.8) is 0 Å². The van der Waals surface area contributed by atoms with Crippen molar-refractivity contribution in [2.24, 2.45) is 0 Å². The highest BCUT2D eigenvalue weighted by Crippen LogP contribution is 2.28. The highest BCUT2D eigenvalue weighted by Gasteiger charge is 2.11. The van der Waals surface area contributed by atoms with Crippen LogP contribution in [0, 0.1) is 6.92 Å². The fourth-order valence-electron chi connectivity index (χ4n) is 2.10. The van der Waals surface area contributed by atoms with Crippen LogP contribution in [0.4, 0.5) is 0 Å². The molecule has 2 rings (SSSR count). The average Bonchev–Trinajstić information content (AvgIpc) is 2.38. The van der Waals surface area contributed by atoms with Crippen LogP contribution >= 0.6 is 0 Å². The molecule has 0 fully saturated rings. The van der Waals surface area contributed by atoms with E-state index in [4.69, 9.17) is 0 Å². The molecule has 0 N–H and O–H groups in total. The molecule has 0 spiro atoms. The molecule has 0 nitrogen and oxygen atoms in total. The molecule has 0 aliphatic heterocycles. The van der Waals surface area contributed by atoms with Gasteiger partial charge in [-0.15, -0.1) is 0 Å². The molecule has 81 valence electrons. The minimum absolute atomic E-state index is 0.486. The maximum Gasteiger partial charge on any atom is 0.00893 e. The van der Waals surface area contributed by atoms with Crippen LogP contribution in [-0.2, 0) is 0 Å². The third-order valence-corrected chi connectivity index (χ3v) is 2.90. The van der Waals surface area contributed by atoms with Crippen LogP contribution < -0.4 is 0 Å². The summed E-state index contributed by atoms with van der Waals surface area (Å²) in [7, 11) is 0. The predicted octanol–water partition coefficient (Wildman–Crippen LogP) is 4.43. The molecule has 0 amide bonds. The van der Waals surface area contributed by atoms with Crippen LogP contribution in [0.3, 0.4) is 0 Å². The topological polar surface area (TPSA) is 0 Å². The summed E-state index contributed by atoms with van der Waals surface area (Å²) in [5.74, 6) is 0.486. The van der Waals surface area contributed by atoms with Crippen molar-refractivity contribution in [1.82, 2.24) is 0 Å². The summed E-state index contributed by atoms with van der Waals surface area (Å²) in [6.45, 7) is 3.98. The Morgan fingerprint density at radius 3 is 1.56 bits per heavy atom. The van der Waals surface area contributed by atoms with Gasteiger partial charge < -0.3 is 0 Å². The maximum atomic E-state index is 3.98. The zero-order chi connectivity index (χ0) is 11.2. The van der Waals surface area contributed by atoms with E-state index in [1.54, 1.807) is 0 Å². The molecule has 0 heteroatoms. The van der Waals surface area contributed by atoms with E-state index in [9.17, 15) is 0 Å². The lowest BCUT2D eigenvalue weighted by molar-refractivity contribution is 0.727. The van der Waals surface area contributed by atoms with Gasteiger partial charge in [0, 0.05) is 5.92 Å². The molecule has 0 aliphatic rings. The second kappa shape index (κ2) is 5.50. The van der Waals surface area contributed by atoms with Crippen molar-refractivity contribution in [2.75, 3.05) is 0 Å². The van der Waals surface area contributed by atoms with Gasteiger partial charge in [-0.2, -0.15) is 0 Å². The monoisotopic (exact) mass is 209 g/mol. The van der Waals surface area contributed by atoms with E-state index in [0.717, 1.165) is 12.8 Å². The SMILES string of the molecule is [CH2]CCC(c1ccccc1)c1ccccc1. The number of benzene rings is 2. The van der Waals surface area contributed by atoms with Crippen molar-refractivity contribution in [2.45, 2.75) is 18.8 Å². The second-order valence-electron chi connectivity index (χ2n) is 4.02. The Kier molecular flexibility index (Phi) is 3.76. The predicted molar refractivity (Wildman–Crippen MR) is 69.3 cm³/mol. The van der Waals surface area contributed by atoms with E-state index in [1.165, 1.54) is 11.1 Å². The number of rotatable bonds is 4. The van der Waals surface area contributed by atoms with Gasteiger partial charge in [-0.1, -0.05) is 74.0 Å². The smallest absolute Gasteiger partial charge is 0.00893 e. The summed E-state index contributed by atoms with van der Waals surface area (Å²) in [5, 5.41) is 0. The van der Waals surface area contributed by atoms with Crippen molar-refractivity contribution in [1.29, 1.82) is 0 Å². The third kappa shape index (κ3) is 2.52. The van der Waals surface area contributed by atoms with Crippen LogP contribution in [-0.4, -0.2) is 0 Å². The van der Waals surface area contributed by atoms with Gasteiger partial charge in [0.25, 0.3) is 0 Å². The van der Waals surface area contributed by atoms with Gasteiger partial charge in [-0.3, -0.25) is 0 Å². The molecular weight excluding hydrogens is 192 g/mol. The van der Waals surface area contributed by atoms with E-state index in [2.05, 4.69) is 67.6 Å². The van der Waals surface area contributed by atoms with E-state index in [-0.39, 0.29) is 0 Å². The standard InChI is InChI=1S/C16H17/c1-2-9-16(14-10-5-3-6-11-14)15-12-7-4-8-13-15/h3-8,10-13,16H,1-2,9H2. The van der Waals surface area contributed by atoms with Gasteiger partial charge in [-0.25, -0.2) is 0 Å². The lowest BCUT2D eigenvalue weighted by Gasteiger charge is -2.17. The van der Waals surface area contributed by atoms with Crippen LogP contribution in [0.5, 0.6) is 0 Å². The molecule has 0 aliphatic carbocycles. The van der Waals surface area contributed by atoms with Crippen LogP contribution in [0.1, 0.15) is 29.9 Å². The molecule has 0 atom stereocenters. The molecule has 0 aromatic heterocycles. The molecule has 1 radical (unpaired) electrons. The Morgan fingerprint density at radius 2 is 1.19 bits per heavy atom. The summed E-state index contributed by atoms with van der Waals surface area (Å²) in [4.78, 5) is 0. The van der Waals surface area contributed by atoms with E-state index in [1.807, 2.05) is 0 Å². The van der Waals surface area contributed by atoms with Gasteiger partial charge in [0.1, 0.15) is 0 Å². The van der Waals surface area contributed by atoms with Crippen LogP contribution in [0.15, 0.2) is 60.7 Å². The first kappa shape index (κ1) is 10.9. The molecule has 0 unspecified atom stereocenters. The summed E-state index contributed by atoms with van der Waals surface area (Å²) < 4.78 is 0. The van der Waals surface area contributed by atoms with Crippen LogP contribution in [0.25, 0.3) is 0 Å². The molecule has 16 heavy (non-hydrogen) atoms. The third-order valence-electron chi connectivity index (χ3n) is 2.90. The highest BCUT2D eigenvalue weighted by atomic mass is 14.2. The molecule has 2 aromatic rings. The zero-order valence-corrected chi connectivity index (χ0v) is 9.47. The Hall–Kier alpha value is -1.56. The summed E-state index contributed by atoms with van der Waals surface area (Å²) in [6.07, 6.45) is 2.07. The fourth-order valence-corrected chi connectivity index (χ4v) is 2.10. The van der Waals surface area contributed by atoms with Crippen molar-refractivity contribution >= 4 is 0 Å². The van der Waals surface area contributed by atoms with E-state index in [0.29, 0.717) is 5.92 Å². The fraction of sp³-hybridized carbons (Fsp3) is 0.188. The molecular formula is C16H17. The lowest BCUT2D eigenvalue weighted by Crippen LogP contribution is -2.00. The number of hydrogen-bond acceptors (Lipinski definition) is 0. The lowest BCUT2D eigenvalue weighted by atomic mass is 9.88. The number of hydrogen-bond donors (Lipinski definition) is 0. The normalized spacial score (nSPS) is 10.6. The summed E-state index contributed by atoms with van der Waals surface area (Å²) in [6, 6.07) is 21.4. The van der Waals surface area contributed by atoms with Gasteiger partial charge >= 0.3 is 0 Å². The largest absolute Gasteiger partial charge is 0.0622 e. The van der Waals surface area contributed by atoms with Gasteiger partial charge in [0.15, 0.2) is 0 Å². The van der Waals surface area contributed by atoms with E-state index >= 15 is 0 Å². The average molecular weight is 209 g/mol. The first-order chi connectivity index (χ1) is 7.92. The molecule has 0 heterocycles. The minimum atomic E-state index is 0.486. The summed E-state index contributed by atoms with van der Waals surface area (Å²) >= 11 is 0. The summed E-state index contributed by atoms with van der Waals surface area (Å²) in [5.41, 5.74) is 2.77. The van der Waals surface area contributed by atoms with Gasteiger partial charge in [0.2, 0.25) is 0 Å². The Labute approximate surface area is 97.9 Å². The first-order valence-electron chi connectivity index (χ1n) is 5.81. The molecule has 2 aromatic carbocycles. The van der Waals surface area contributed by atoms with Crippen molar-refractivity contribution in [3.05, 3.63) is 78.7 Å². The Balaban J connectivity index is 2.31. The minimum Gasteiger partial charge on any atom is -0.0622 e. The molecule has 0 bridgehead atoms. The van der Waals surface area contributed by atoms with Crippen molar-refractivity contribution < 1.29 is 0 Å². The van der Waals surface area contributed by atoms with Crippen molar-refractivity contribution in [3.8, 4) is 0 Å². The van der Waals surface area contributed by atoms with Crippen LogP contribution in [0.2, 0.25) is 0 Å². The maximum absolute atomic E-state index is 3.98. The van der Waals surface area contributed by atoms with E-state index < -0.39 is 0 Å². The highest BCUT2D eigenvalue weighted by molar-refractivity contribution is 5.32. The quantitative estimate of drug-likeness (QED) is 0.698. The Bertz CT molecular complexity index is 363.